The van der Waals surface area contributed by atoms with Gasteiger partial charge in [-0.1, -0.05) is 12.1 Å². The average molecular weight is 824 g/mol. The molecule has 0 saturated carbocycles. The van der Waals surface area contributed by atoms with Crippen LogP contribution >= 0.6 is 0 Å². The molecule has 304 valence electrons. The number of piperidine rings is 1. The molecular formula is C38H37F4N9O6S. The first-order valence-corrected chi connectivity index (χ1v) is 19.9. The Morgan fingerprint density at radius 3 is 2.34 bits per heavy atom. The highest BCUT2D eigenvalue weighted by atomic mass is 32.2. The lowest BCUT2D eigenvalue weighted by Gasteiger charge is -2.36. The third-order valence-corrected chi connectivity index (χ3v) is 11.4. The van der Waals surface area contributed by atoms with Crippen LogP contribution in [0.5, 0.6) is 0 Å². The van der Waals surface area contributed by atoms with Gasteiger partial charge in [0.05, 0.1) is 23.1 Å². The van der Waals surface area contributed by atoms with Gasteiger partial charge < -0.3 is 15.5 Å². The van der Waals surface area contributed by atoms with Crippen molar-refractivity contribution in [3.8, 4) is 0 Å². The molecule has 0 aliphatic carbocycles. The Labute approximate surface area is 330 Å². The number of anilines is 5. The standard InChI is InChI=1S/C38H37F4N9O6S/c1-48(58(2,56)57)26-5-3-4-22(16-26)19-43-33-28(38(40,41)42)20-44-37(47-33)45-24-6-8-25(9-7-24)50-14-12-49(13-15-50)21-23-17-27-32(29(39)18-23)36(55)51(35(27)54)30-10-11-31(52)46-34(30)53/h3-9,16-18,20,30H,10-15,19,21H2,1-2H3,(H,46,52,53)(H2,43,44,45,47). The second-order valence-corrected chi connectivity index (χ2v) is 16.1. The van der Waals surface area contributed by atoms with Gasteiger partial charge >= 0.3 is 6.18 Å². The molecule has 1 atom stereocenters. The highest BCUT2D eigenvalue weighted by Crippen LogP contribution is 2.35. The van der Waals surface area contributed by atoms with Crippen LogP contribution in [0.15, 0.2) is 66.9 Å². The molecule has 3 aliphatic rings. The summed E-state index contributed by atoms with van der Waals surface area (Å²) >= 11 is 0. The van der Waals surface area contributed by atoms with Crippen molar-refractivity contribution in [2.45, 2.75) is 38.1 Å². The summed E-state index contributed by atoms with van der Waals surface area (Å²) in [5.74, 6) is -4.36. The van der Waals surface area contributed by atoms with Crippen LogP contribution in [0.3, 0.4) is 0 Å². The Hall–Kier alpha value is -6.15. The molecule has 3 N–H and O–H groups in total. The van der Waals surface area contributed by atoms with Gasteiger partial charge in [0.15, 0.2) is 0 Å². The highest BCUT2D eigenvalue weighted by molar-refractivity contribution is 7.92. The molecular weight excluding hydrogens is 787 g/mol. The highest BCUT2D eigenvalue weighted by Gasteiger charge is 2.46. The van der Waals surface area contributed by atoms with Gasteiger partial charge in [0.25, 0.3) is 11.8 Å². The zero-order valence-corrected chi connectivity index (χ0v) is 32.0. The minimum Gasteiger partial charge on any atom is -0.369 e. The van der Waals surface area contributed by atoms with E-state index in [1.165, 1.54) is 19.2 Å². The number of nitrogens with zero attached hydrogens (tertiary/aromatic N) is 6. The molecule has 2 fully saturated rings. The van der Waals surface area contributed by atoms with Crippen LogP contribution in [0.25, 0.3) is 0 Å². The number of carbonyl (C=O) groups excluding carboxylic acids is 4. The van der Waals surface area contributed by atoms with Crippen LogP contribution < -0.4 is 25.2 Å². The van der Waals surface area contributed by atoms with Gasteiger partial charge in [-0.2, -0.15) is 18.2 Å². The lowest BCUT2D eigenvalue weighted by molar-refractivity contribution is -0.138. The number of fused-ring (bicyclic) bond motifs is 1. The number of hydrogen-bond acceptors (Lipinski definition) is 12. The smallest absolute Gasteiger partial charge is 0.369 e. The summed E-state index contributed by atoms with van der Waals surface area (Å²) in [6.07, 6.45) is -3.10. The van der Waals surface area contributed by atoms with Gasteiger partial charge in [0, 0.05) is 70.3 Å². The molecule has 7 rings (SSSR count). The van der Waals surface area contributed by atoms with E-state index in [1.54, 1.807) is 36.4 Å². The number of halogens is 4. The monoisotopic (exact) mass is 823 g/mol. The molecule has 3 aliphatic heterocycles. The number of carbonyl (C=O) groups is 4. The van der Waals surface area contributed by atoms with E-state index in [-0.39, 0.29) is 36.5 Å². The van der Waals surface area contributed by atoms with Crippen molar-refractivity contribution in [1.29, 1.82) is 0 Å². The van der Waals surface area contributed by atoms with E-state index >= 15 is 4.39 Å². The number of piperazine rings is 1. The number of hydrogen-bond donors (Lipinski definition) is 3. The zero-order chi connectivity index (χ0) is 41.5. The Morgan fingerprint density at radius 1 is 0.948 bits per heavy atom. The summed E-state index contributed by atoms with van der Waals surface area (Å²) in [4.78, 5) is 63.1. The number of rotatable bonds is 11. The minimum absolute atomic E-state index is 0.0328. The molecule has 4 amide bonds. The average Bonchev–Trinajstić information content (AvgIpc) is 3.42. The maximum atomic E-state index is 15.3. The first kappa shape index (κ1) is 40.1. The molecule has 58 heavy (non-hydrogen) atoms. The molecule has 20 heteroatoms. The summed E-state index contributed by atoms with van der Waals surface area (Å²) < 4.78 is 81.9. The van der Waals surface area contributed by atoms with Crippen LogP contribution in [0, 0.1) is 5.82 Å². The number of nitrogens with one attached hydrogen (secondary N) is 3. The first-order valence-electron chi connectivity index (χ1n) is 18.1. The summed E-state index contributed by atoms with van der Waals surface area (Å²) in [5, 5.41) is 7.77. The summed E-state index contributed by atoms with van der Waals surface area (Å²) in [5.41, 5.74) is 1.19. The lowest BCUT2D eigenvalue weighted by Crippen LogP contribution is -2.54. The van der Waals surface area contributed by atoms with E-state index in [2.05, 4.69) is 35.7 Å². The molecule has 4 heterocycles. The predicted molar refractivity (Wildman–Crippen MR) is 204 cm³/mol. The molecule has 0 spiro atoms. The number of aromatic nitrogens is 2. The number of sulfonamides is 1. The molecule has 1 aromatic heterocycles. The van der Waals surface area contributed by atoms with Gasteiger partial charge in [-0.25, -0.2) is 17.8 Å². The van der Waals surface area contributed by atoms with Crippen molar-refractivity contribution in [2.24, 2.45) is 0 Å². The van der Waals surface area contributed by atoms with Gasteiger partial charge in [-0.15, -0.1) is 0 Å². The molecule has 3 aromatic carbocycles. The van der Waals surface area contributed by atoms with Gasteiger partial charge in [0.1, 0.15) is 23.2 Å². The van der Waals surface area contributed by atoms with E-state index in [1.807, 2.05) is 12.1 Å². The third kappa shape index (κ3) is 8.42. The number of amides is 4. The van der Waals surface area contributed by atoms with E-state index in [0.29, 0.717) is 61.4 Å². The number of imide groups is 2. The van der Waals surface area contributed by atoms with E-state index in [0.717, 1.165) is 21.1 Å². The zero-order valence-electron chi connectivity index (χ0n) is 31.1. The van der Waals surface area contributed by atoms with Gasteiger partial charge in [-0.05, 0) is 66.1 Å². The van der Waals surface area contributed by atoms with Gasteiger partial charge in [0.2, 0.25) is 27.8 Å². The van der Waals surface area contributed by atoms with E-state index in [9.17, 15) is 40.8 Å². The van der Waals surface area contributed by atoms with Crippen molar-refractivity contribution < 1.29 is 45.2 Å². The molecule has 0 radical (unpaired) electrons. The van der Waals surface area contributed by atoms with Crippen LogP contribution in [0.4, 0.5) is 46.4 Å². The van der Waals surface area contributed by atoms with Crippen molar-refractivity contribution >= 4 is 62.5 Å². The summed E-state index contributed by atoms with van der Waals surface area (Å²) in [7, 11) is -2.17. The SMILES string of the molecule is CN(c1cccc(CNc2nc(Nc3ccc(N4CCN(Cc5cc(F)c6c(c5)C(=O)N(C5CCC(=O)NC5=O)C6=O)CC4)cc3)ncc2C(F)(F)F)c1)S(C)(=O)=O. The molecule has 0 bridgehead atoms. The van der Waals surface area contributed by atoms with Crippen molar-refractivity contribution in [3.05, 3.63) is 100 Å². The third-order valence-electron chi connectivity index (χ3n) is 10.1. The fourth-order valence-corrected chi connectivity index (χ4v) is 7.52. The van der Waals surface area contributed by atoms with Crippen LogP contribution in [0.2, 0.25) is 0 Å². The molecule has 1 unspecified atom stereocenters. The fourth-order valence-electron chi connectivity index (χ4n) is 7.03. The molecule has 2 saturated heterocycles. The van der Waals surface area contributed by atoms with E-state index in [4.69, 9.17) is 0 Å². The maximum absolute atomic E-state index is 15.3. The second kappa shape index (κ2) is 15.7. The van der Waals surface area contributed by atoms with Crippen molar-refractivity contribution in [1.82, 2.24) is 25.1 Å². The Balaban J connectivity index is 0.959. The van der Waals surface area contributed by atoms with Crippen molar-refractivity contribution in [2.75, 3.05) is 59.3 Å². The summed E-state index contributed by atoms with van der Waals surface area (Å²) in [6, 6.07) is 15.0. The van der Waals surface area contributed by atoms with Crippen LogP contribution in [0.1, 0.15) is 50.2 Å². The van der Waals surface area contributed by atoms with Gasteiger partial charge in [-0.3, -0.25) is 38.6 Å². The molecule has 4 aromatic rings. The van der Waals surface area contributed by atoms with E-state index < -0.39 is 63.1 Å². The number of alkyl halides is 3. The Bertz CT molecular complexity index is 2410. The largest absolute Gasteiger partial charge is 0.421 e. The fraction of sp³-hybridized carbons (Fsp3) is 0.316. The van der Waals surface area contributed by atoms with Crippen LogP contribution in [-0.4, -0.2) is 97.3 Å². The summed E-state index contributed by atoms with van der Waals surface area (Å²) in [6.45, 7) is 2.60. The number of benzene rings is 3. The van der Waals surface area contributed by atoms with Crippen LogP contribution in [-0.2, 0) is 38.9 Å². The maximum Gasteiger partial charge on any atom is 0.421 e. The quantitative estimate of drug-likeness (QED) is 0.146. The normalized spacial score (nSPS) is 17.7. The van der Waals surface area contributed by atoms with Crippen molar-refractivity contribution in [3.63, 3.8) is 0 Å². The minimum atomic E-state index is -4.75. The topological polar surface area (TPSA) is 177 Å². The molecule has 15 nitrogen and oxygen atoms in total. The predicted octanol–water partition coefficient (Wildman–Crippen LogP) is 4.11. The Kier molecular flexibility index (Phi) is 10.8. The second-order valence-electron chi connectivity index (χ2n) is 14.1. The Morgan fingerprint density at radius 2 is 1.67 bits per heavy atom. The lowest BCUT2D eigenvalue weighted by atomic mass is 10.0. The first-order chi connectivity index (χ1) is 27.5.